The molecule has 0 aromatic rings. The predicted octanol–water partition coefficient (Wildman–Crippen LogP) is -0.812. The average molecular weight is 262 g/mol. The summed E-state index contributed by atoms with van der Waals surface area (Å²) in [5.41, 5.74) is -2.75. The Labute approximate surface area is 102 Å². The second kappa shape index (κ2) is 6.10. The third-order valence-corrected chi connectivity index (χ3v) is 2.16. The lowest BCUT2D eigenvalue weighted by Gasteiger charge is -2.21. The van der Waals surface area contributed by atoms with Crippen molar-refractivity contribution in [2.45, 2.75) is 38.4 Å². The van der Waals surface area contributed by atoms with Crippen LogP contribution in [0, 0.1) is 0 Å². The number of hydrogen-bond acceptors (Lipinski definition) is 6. The van der Waals surface area contributed by atoms with Crippen LogP contribution in [-0.2, 0) is 23.9 Å². The van der Waals surface area contributed by atoms with Crippen LogP contribution in [0.5, 0.6) is 0 Å². The van der Waals surface area contributed by atoms with E-state index in [1.807, 2.05) is 0 Å². The van der Waals surface area contributed by atoms with Crippen LogP contribution in [0.2, 0.25) is 0 Å². The molecular formula is C10H14O8. The van der Waals surface area contributed by atoms with E-state index in [1.54, 1.807) is 0 Å². The summed E-state index contributed by atoms with van der Waals surface area (Å²) in [6.45, 7) is 2.44. The summed E-state index contributed by atoms with van der Waals surface area (Å²) in [7, 11) is 0. The molecule has 0 aliphatic rings. The number of carboxylic acid groups (broad SMARTS) is 2. The average Bonchev–Trinajstić information content (AvgIpc) is 2.14. The zero-order chi connectivity index (χ0) is 14.5. The van der Waals surface area contributed by atoms with Crippen LogP contribution >= 0.6 is 0 Å². The first-order valence-corrected chi connectivity index (χ1v) is 4.96. The van der Waals surface area contributed by atoms with Gasteiger partial charge in [0.2, 0.25) is 0 Å². The van der Waals surface area contributed by atoms with E-state index in [9.17, 15) is 24.3 Å². The van der Waals surface area contributed by atoms with Gasteiger partial charge in [0.05, 0.1) is 12.8 Å². The van der Waals surface area contributed by atoms with E-state index < -0.39 is 48.2 Å². The third-order valence-electron chi connectivity index (χ3n) is 2.16. The summed E-state index contributed by atoms with van der Waals surface area (Å²) in [6.07, 6.45) is -3.28. The van der Waals surface area contributed by atoms with Gasteiger partial charge in [0, 0.05) is 0 Å². The van der Waals surface area contributed by atoms with Crippen molar-refractivity contribution >= 4 is 23.7 Å². The Bertz CT molecular complexity index is 374. The highest BCUT2D eigenvalue weighted by Crippen LogP contribution is 2.17. The standard InChI is InChI=1S/C10H14O8/c1-5(11)6(2)18-8(14)4-10(17,9(15)16)3-7(12)13/h6,17H,3-4H2,1-2H3,(H,12,13)(H,15,16). The summed E-state index contributed by atoms with van der Waals surface area (Å²) < 4.78 is 4.53. The van der Waals surface area contributed by atoms with Crippen LogP contribution in [-0.4, -0.2) is 50.7 Å². The van der Waals surface area contributed by atoms with Crippen LogP contribution in [0.4, 0.5) is 0 Å². The highest BCUT2D eigenvalue weighted by Gasteiger charge is 2.41. The van der Waals surface area contributed by atoms with Crippen LogP contribution in [0.25, 0.3) is 0 Å². The summed E-state index contributed by atoms with van der Waals surface area (Å²) >= 11 is 0. The molecule has 0 heterocycles. The molecule has 0 saturated carbocycles. The van der Waals surface area contributed by atoms with Crippen molar-refractivity contribution in [3.05, 3.63) is 0 Å². The first-order valence-electron chi connectivity index (χ1n) is 4.96. The van der Waals surface area contributed by atoms with Gasteiger partial charge in [-0.05, 0) is 13.8 Å². The maximum atomic E-state index is 11.3. The Morgan fingerprint density at radius 2 is 1.67 bits per heavy atom. The van der Waals surface area contributed by atoms with Crippen molar-refractivity contribution in [1.29, 1.82) is 0 Å². The Balaban J connectivity index is 4.70. The lowest BCUT2D eigenvalue weighted by molar-refractivity contribution is -0.174. The monoisotopic (exact) mass is 262 g/mol. The Kier molecular flexibility index (Phi) is 5.44. The quantitative estimate of drug-likeness (QED) is 0.506. The number of ketones is 1. The molecule has 0 rings (SSSR count). The molecule has 18 heavy (non-hydrogen) atoms. The highest BCUT2D eigenvalue weighted by molar-refractivity contribution is 5.89. The number of hydrogen-bond donors (Lipinski definition) is 3. The fourth-order valence-corrected chi connectivity index (χ4v) is 1.02. The van der Waals surface area contributed by atoms with Gasteiger partial charge >= 0.3 is 17.9 Å². The van der Waals surface area contributed by atoms with Gasteiger partial charge in [-0.15, -0.1) is 0 Å². The summed E-state index contributed by atoms with van der Waals surface area (Å²) in [6, 6.07) is 0. The van der Waals surface area contributed by atoms with E-state index in [2.05, 4.69) is 4.74 Å². The van der Waals surface area contributed by atoms with Crippen molar-refractivity contribution in [2.75, 3.05) is 0 Å². The zero-order valence-corrected chi connectivity index (χ0v) is 9.87. The smallest absolute Gasteiger partial charge is 0.336 e. The molecule has 3 N–H and O–H groups in total. The Hall–Kier alpha value is -1.96. The first-order chi connectivity index (χ1) is 8.08. The van der Waals surface area contributed by atoms with E-state index in [1.165, 1.54) is 13.8 Å². The SMILES string of the molecule is CC(=O)C(C)OC(=O)CC(O)(CC(=O)O)C(=O)O. The number of esters is 1. The largest absolute Gasteiger partial charge is 0.481 e. The number of aliphatic carboxylic acids is 2. The van der Waals surface area contributed by atoms with E-state index in [-0.39, 0.29) is 0 Å². The van der Waals surface area contributed by atoms with Crippen LogP contribution < -0.4 is 0 Å². The number of aliphatic hydroxyl groups is 1. The molecule has 0 spiro atoms. The fourth-order valence-electron chi connectivity index (χ4n) is 1.02. The fraction of sp³-hybridized carbons (Fsp3) is 0.600. The molecule has 0 radical (unpaired) electrons. The molecule has 0 amide bonds. The van der Waals surface area contributed by atoms with Gasteiger partial charge in [0.15, 0.2) is 17.5 Å². The first kappa shape index (κ1) is 16.0. The molecule has 0 saturated heterocycles. The van der Waals surface area contributed by atoms with E-state index in [0.717, 1.165) is 0 Å². The third kappa shape index (κ3) is 4.91. The van der Waals surface area contributed by atoms with Crippen LogP contribution in [0.15, 0.2) is 0 Å². The maximum absolute atomic E-state index is 11.3. The lowest BCUT2D eigenvalue weighted by atomic mass is 9.96. The number of ether oxygens (including phenoxy) is 1. The summed E-state index contributed by atoms with van der Waals surface area (Å²) in [5, 5.41) is 26.7. The van der Waals surface area contributed by atoms with Gasteiger partial charge in [0.1, 0.15) is 0 Å². The molecule has 0 aliphatic carbocycles. The molecular weight excluding hydrogens is 248 g/mol. The van der Waals surface area contributed by atoms with Crippen molar-refractivity contribution in [3.63, 3.8) is 0 Å². The Morgan fingerprint density at radius 1 is 1.17 bits per heavy atom. The molecule has 0 fully saturated rings. The molecule has 0 aliphatic heterocycles. The highest BCUT2D eigenvalue weighted by atomic mass is 16.5. The van der Waals surface area contributed by atoms with Crippen molar-refractivity contribution in [3.8, 4) is 0 Å². The number of Topliss-reactive ketones (excluding diaryl/α,β-unsaturated/α-hetero) is 1. The van der Waals surface area contributed by atoms with Gasteiger partial charge in [-0.1, -0.05) is 0 Å². The van der Waals surface area contributed by atoms with Crippen LogP contribution in [0.3, 0.4) is 0 Å². The summed E-state index contributed by atoms with van der Waals surface area (Å²) in [4.78, 5) is 43.2. The van der Waals surface area contributed by atoms with Gasteiger partial charge in [-0.25, -0.2) is 4.79 Å². The topological polar surface area (TPSA) is 138 Å². The normalized spacial score (nSPS) is 15.3. The second-order valence-electron chi connectivity index (χ2n) is 3.83. The molecule has 2 atom stereocenters. The van der Waals surface area contributed by atoms with Crippen LogP contribution in [0.1, 0.15) is 26.7 Å². The summed E-state index contributed by atoms with van der Waals surface area (Å²) in [5.74, 6) is -5.05. The van der Waals surface area contributed by atoms with Gasteiger partial charge < -0.3 is 20.1 Å². The molecule has 2 unspecified atom stereocenters. The molecule has 0 aromatic carbocycles. The maximum Gasteiger partial charge on any atom is 0.336 e. The molecule has 102 valence electrons. The molecule has 8 heteroatoms. The second-order valence-corrected chi connectivity index (χ2v) is 3.83. The number of carbonyl (C=O) groups excluding carboxylic acids is 2. The van der Waals surface area contributed by atoms with Gasteiger partial charge in [-0.2, -0.15) is 0 Å². The van der Waals surface area contributed by atoms with E-state index in [0.29, 0.717) is 0 Å². The molecule has 0 aromatic heterocycles. The van der Waals surface area contributed by atoms with Gasteiger partial charge in [0.25, 0.3) is 0 Å². The minimum absolute atomic E-state index is 0.458. The zero-order valence-electron chi connectivity index (χ0n) is 9.87. The van der Waals surface area contributed by atoms with Gasteiger partial charge in [-0.3, -0.25) is 14.4 Å². The number of carbonyl (C=O) groups is 4. The number of rotatable bonds is 7. The minimum atomic E-state index is -2.75. The van der Waals surface area contributed by atoms with Crippen molar-refractivity contribution in [1.82, 2.24) is 0 Å². The van der Waals surface area contributed by atoms with E-state index >= 15 is 0 Å². The number of carboxylic acids is 2. The van der Waals surface area contributed by atoms with Crippen molar-refractivity contribution in [2.24, 2.45) is 0 Å². The lowest BCUT2D eigenvalue weighted by Crippen LogP contribution is -2.43. The van der Waals surface area contributed by atoms with Crippen molar-refractivity contribution < 1.29 is 39.2 Å². The minimum Gasteiger partial charge on any atom is -0.481 e. The molecule has 0 bridgehead atoms. The predicted molar refractivity (Wildman–Crippen MR) is 55.7 cm³/mol. The van der Waals surface area contributed by atoms with E-state index in [4.69, 9.17) is 10.2 Å². The Morgan fingerprint density at radius 3 is 2.00 bits per heavy atom. The molecule has 8 nitrogen and oxygen atoms in total.